The minimum absolute atomic E-state index is 0.374. The van der Waals surface area contributed by atoms with E-state index in [0.29, 0.717) is 11.7 Å². The second kappa shape index (κ2) is 4.37. The Morgan fingerprint density at radius 3 is 2.88 bits per heavy atom. The maximum atomic E-state index is 5.33. The highest BCUT2D eigenvalue weighted by Crippen LogP contribution is 2.29. The molecule has 1 atom stereocenters. The summed E-state index contributed by atoms with van der Waals surface area (Å²) >= 11 is 0. The van der Waals surface area contributed by atoms with Crippen LogP contribution in [0.15, 0.2) is 16.7 Å². The molecule has 0 spiro atoms. The lowest BCUT2D eigenvalue weighted by Gasteiger charge is -2.17. The van der Waals surface area contributed by atoms with Crippen LogP contribution in [0.25, 0.3) is 0 Å². The number of hydrogen-bond donors (Lipinski definition) is 0. The average Bonchev–Trinajstić information content (AvgIpc) is 2.80. The topological polar surface area (TPSA) is 48.2 Å². The van der Waals surface area contributed by atoms with E-state index in [2.05, 4.69) is 22.3 Å². The molecule has 0 fully saturated rings. The number of hydrogen-bond acceptors (Lipinski definition) is 4. The summed E-state index contributed by atoms with van der Waals surface area (Å²) in [7, 11) is 1.65. The Balaban J connectivity index is 2.16. The molecule has 0 aliphatic heterocycles. The van der Waals surface area contributed by atoms with Gasteiger partial charge >= 0.3 is 0 Å². The molecular weight excluding hydrogens is 204 g/mol. The molecule has 1 aliphatic carbocycles. The quantitative estimate of drug-likeness (QED) is 0.738. The Hall–Kier alpha value is -1.16. The second-order valence-corrected chi connectivity index (χ2v) is 4.65. The first-order valence-electron chi connectivity index (χ1n) is 5.67. The summed E-state index contributed by atoms with van der Waals surface area (Å²) in [6, 6.07) is 0. The van der Waals surface area contributed by atoms with Crippen molar-refractivity contribution >= 4 is 0 Å². The molecule has 1 heterocycles. The summed E-state index contributed by atoms with van der Waals surface area (Å²) in [6.07, 6.45) is 7.56. The summed E-state index contributed by atoms with van der Waals surface area (Å²) < 4.78 is 10.6. The molecule has 1 unspecified atom stereocenters. The van der Waals surface area contributed by atoms with Crippen molar-refractivity contribution in [2.24, 2.45) is 0 Å². The van der Waals surface area contributed by atoms with Crippen LogP contribution >= 0.6 is 0 Å². The number of methoxy groups -OCH3 is 1. The van der Waals surface area contributed by atoms with Crippen LogP contribution in [0.1, 0.15) is 50.7 Å². The second-order valence-electron chi connectivity index (χ2n) is 4.65. The number of aromatic nitrogens is 2. The summed E-state index contributed by atoms with van der Waals surface area (Å²) in [5.41, 5.74) is -0.480. The summed E-state index contributed by atoms with van der Waals surface area (Å²) in [4.78, 5) is 4.44. The van der Waals surface area contributed by atoms with Crippen molar-refractivity contribution in [3.63, 3.8) is 0 Å². The van der Waals surface area contributed by atoms with E-state index in [-0.39, 0.29) is 0 Å². The van der Waals surface area contributed by atoms with Gasteiger partial charge in [-0.05, 0) is 33.1 Å². The fraction of sp³-hybridized carbons (Fsp3) is 0.667. The molecule has 88 valence electrons. The first kappa shape index (κ1) is 11.3. The van der Waals surface area contributed by atoms with Gasteiger partial charge in [-0.2, -0.15) is 4.98 Å². The van der Waals surface area contributed by atoms with Gasteiger partial charge in [-0.25, -0.2) is 0 Å². The zero-order chi connectivity index (χ0) is 11.6. The zero-order valence-electron chi connectivity index (χ0n) is 10.1. The van der Waals surface area contributed by atoms with Crippen LogP contribution in [0.2, 0.25) is 0 Å². The van der Waals surface area contributed by atoms with E-state index in [1.54, 1.807) is 7.11 Å². The average molecular weight is 222 g/mol. The molecule has 0 saturated heterocycles. The predicted molar refractivity (Wildman–Crippen MR) is 60.1 cm³/mol. The number of ether oxygens (including phenoxy) is 1. The van der Waals surface area contributed by atoms with Crippen molar-refractivity contribution in [1.29, 1.82) is 0 Å². The molecule has 2 rings (SSSR count). The van der Waals surface area contributed by atoms with Crippen molar-refractivity contribution in [3.8, 4) is 0 Å². The highest BCUT2D eigenvalue weighted by atomic mass is 16.5. The van der Waals surface area contributed by atoms with Crippen molar-refractivity contribution in [2.45, 2.75) is 44.6 Å². The fourth-order valence-corrected chi connectivity index (χ4v) is 1.75. The Bertz CT molecular complexity index is 382. The van der Waals surface area contributed by atoms with Crippen molar-refractivity contribution in [3.05, 3.63) is 23.9 Å². The zero-order valence-corrected chi connectivity index (χ0v) is 10.1. The van der Waals surface area contributed by atoms with Crippen LogP contribution < -0.4 is 0 Å². The van der Waals surface area contributed by atoms with E-state index in [1.807, 2.05) is 13.8 Å². The molecule has 4 heteroatoms. The fourth-order valence-electron chi connectivity index (χ4n) is 1.75. The van der Waals surface area contributed by atoms with Crippen LogP contribution in [0.3, 0.4) is 0 Å². The predicted octanol–water partition coefficient (Wildman–Crippen LogP) is 2.77. The SMILES string of the molecule is COC(C)(C)c1noc(C2CC=CCC2)n1. The van der Waals surface area contributed by atoms with Crippen LogP contribution in [0.5, 0.6) is 0 Å². The molecule has 0 amide bonds. The van der Waals surface area contributed by atoms with Crippen LogP contribution in [-0.4, -0.2) is 17.3 Å². The van der Waals surface area contributed by atoms with E-state index in [0.717, 1.165) is 25.2 Å². The third-order valence-electron chi connectivity index (χ3n) is 3.11. The summed E-state index contributed by atoms with van der Waals surface area (Å²) in [6.45, 7) is 3.87. The molecule has 0 radical (unpaired) electrons. The monoisotopic (exact) mass is 222 g/mol. The molecule has 1 aromatic rings. The third kappa shape index (κ3) is 2.16. The lowest BCUT2D eigenvalue weighted by molar-refractivity contribution is 0.00973. The van der Waals surface area contributed by atoms with Gasteiger partial charge in [-0.3, -0.25) is 0 Å². The van der Waals surface area contributed by atoms with Gasteiger partial charge in [0.05, 0.1) is 0 Å². The molecule has 1 aromatic heterocycles. The number of allylic oxidation sites excluding steroid dienone is 2. The van der Waals surface area contributed by atoms with E-state index in [1.165, 1.54) is 0 Å². The molecule has 0 aromatic carbocycles. The van der Waals surface area contributed by atoms with Crippen LogP contribution in [0.4, 0.5) is 0 Å². The molecular formula is C12H18N2O2. The van der Waals surface area contributed by atoms with E-state index >= 15 is 0 Å². The molecule has 0 saturated carbocycles. The largest absolute Gasteiger partial charge is 0.371 e. The Morgan fingerprint density at radius 2 is 2.25 bits per heavy atom. The maximum absolute atomic E-state index is 5.33. The Labute approximate surface area is 95.7 Å². The molecule has 4 nitrogen and oxygen atoms in total. The third-order valence-corrected chi connectivity index (χ3v) is 3.11. The minimum Gasteiger partial charge on any atom is -0.371 e. The first-order chi connectivity index (χ1) is 7.63. The molecule has 16 heavy (non-hydrogen) atoms. The molecule has 1 aliphatic rings. The van der Waals surface area contributed by atoms with E-state index in [9.17, 15) is 0 Å². The molecule has 0 N–H and O–H groups in total. The minimum atomic E-state index is -0.480. The van der Waals surface area contributed by atoms with Gasteiger partial charge in [0.15, 0.2) is 0 Å². The highest BCUT2D eigenvalue weighted by molar-refractivity contribution is 5.05. The van der Waals surface area contributed by atoms with Gasteiger partial charge in [0.25, 0.3) is 0 Å². The van der Waals surface area contributed by atoms with Gasteiger partial charge in [0.1, 0.15) is 5.60 Å². The van der Waals surface area contributed by atoms with Crippen molar-refractivity contribution in [1.82, 2.24) is 10.1 Å². The Kier molecular flexibility index (Phi) is 3.10. The standard InChI is InChI=1S/C12H18N2O2/c1-12(2,15-3)11-13-10(16-14-11)9-7-5-4-6-8-9/h4-5,9H,6-8H2,1-3H3. The van der Waals surface area contributed by atoms with Crippen LogP contribution in [0, 0.1) is 0 Å². The smallest absolute Gasteiger partial charge is 0.230 e. The summed E-state index contributed by atoms with van der Waals surface area (Å²) in [5.74, 6) is 1.74. The first-order valence-corrected chi connectivity index (χ1v) is 5.67. The van der Waals surface area contributed by atoms with Gasteiger partial charge in [0.2, 0.25) is 11.7 Å². The Morgan fingerprint density at radius 1 is 1.44 bits per heavy atom. The highest BCUT2D eigenvalue weighted by Gasteiger charge is 2.28. The van der Waals surface area contributed by atoms with Gasteiger partial charge in [-0.1, -0.05) is 17.3 Å². The number of nitrogens with zero attached hydrogens (tertiary/aromatic N) is 2. The lowest BCUT2D eigenvalue weighted by Crippen LogP contribution is -2.21. The maximum Gasteiger partial charge on any atom is 0.230 e. The van der Waals surface area contributed by atoms with Crippen LogP contribution in [-0.2, 0) is 10.3 Å². The molecule has 0 bridgehead atoms. The van der Waals surface area contributed by atoms with Crippen molar-refractivity contribution < 1.29 is 9.26 Å². The van der Waals surface area contributed by atoms with Gasteiger partial charge in [0, 0.05) is 13.0 Å². The van der Waals surface area contributed by atoms with Crippen molar-refractivity contribution in [2.75, 3.05) is 7.11 Å². The number of rotatable bonds is 3. The summed E-state index contributed by atoms with van der Waals surface area (Å²) in [5, 5.41) is 4.00. The van der Waals surface area contributed by atoms with Gasteiger partial charge < -0.3 is 9.26 Å². The normalized spacial score (nSPS) is 21.3. The lowest BCUT2D eigenvalue weighted by atomic mass is 9.94. The van der Waals surface area contributed by atoms with E-state index < -0.39 is 5.60 Å². The van der Waals surface area contributed by atoms with E-state index in [4.69, 9.17) is 9.26 Å². The van der Waals surface area contributed by atoms with Gasteiger partial charge in [-0.15, -0.1) is 0 Å².